The zero-order chi connectivity index (χ0) is 19.4. The van der Waals surface area contributed by atoms with Crippen LogP contribution in [0.3, 0.4) is 0 Å². The van der Waals surface area contributed by atoms with Gasteiger partial charge in [0.1, 0.15) is 5.82 Å². The normalized spacial score (nSPS) is 16.4. The van der Waals surface area contributed by atoms with Crippen LogP contribution in [0, 0.1) is 11.7 Å². The van der Waals surface area contributed by atoms with Gasteiger partial charge >= 0.3 is 0 Å². The molecule has 0 spiro atoms. The number of benzene rings is 2. The molecule has 1 saturated heterocycles. The Labute approximate surface area is 156 Å². The van der Waals surface area contributed by atoms with E-state index < -0.39 is 11.8 Å². The number of rotatable bonds is 6. The first-order chi connectivity index (χ1) is 12.9. The van der Waals surface area contributed by atoms with Crippen molar-refractivity contribution in [2.75, 3.05) is 18.4 Å². The second-order valence-corrected chi connectivity index (χ2v) is 6.52. The molecule has 1 heterocycles. The lowest BCUT2D eigenvalue weighted by atomic mass is 10.1. The predicted molar refractivity (Wildman–Crippen MR) is 98.4 cm³/mol. The van der Waals surface area contributed by atoms with Gasteiger partial charge in [-0.2, -0.15) is 0 Å². The van der Waals surface area contributed by atoms with Crippen LogP contribution < -0.4 is 11.1 Å². The Kier molecular flexibility index (Phi) is 5.49. The zero-order valence-corrected chi connectivity index (χ0v) is 14.7. The van der Waals surface area contributed by atoms with Crippen molar-refractivity contribution in [2.24, 2.45) is 11.7 Å². The summed E-state index contributed by atoms with van der Waals surface area (Å²) in [6.07, 6.45) is 0.707. The summed E-state index contributed by atoms with van der Waals surface area (Å²) >= 11 is 0. The van der Waals surface area contributed by atoms with Crippen LogP contribution in [0.2, 0.25) is 0 Å². The number of primary amides is 1. The molecule has 0 bridgehead atoms. The highest BCUT2D eigenvalue weighted by Crippen LogP contribution is 2.22. The fraction of sp³-hybridized carbons (Fsp3) is 0.250. The number of amides is 3. The van der Waals surface area contributed by atoms with Gasteiger partial charge in [-0.3, -0.25) is 14.4 Å². The van der Waals surface area contributed by atoms with Gasteiger partial charge in [-0.15, -0.1) is 0 Å². The number of nitrogens with one attached hydrogen (secondary N) is 1. The Morgan fingerprint density at radius 1 is 1.15 bits per heavy atom. The van der Waals surface area contributed by atoms with E-state index in [-0.39, 0.29) is 29.6 Å². The van der Waals surface area contributed by atoms with Crippen LogP contribution in [-0.4, -0.2) is 35.7 Å². The summed E-state index contributed by atoms with van der Waals surface area (Å²) in [5, 5.41) is 2.69. The highest BCUT2D eigenvalue weighted by Gasteiger charge is 2.34. The van der Waals surface area contributed by atoms with Gasteiger partial charge in [0.15, 0.2) is 0 Å². The van der Waals surface area contributed by atoms with Crippen molar-refractivity contribution < 1.29 is 18.8 Å². The number of nitrogens with zero attached hydrogens (tertiary/aromatic N) is 1. The number of carbonyl (C=O) groups is 3. The second kappa shape index (κ2) is 7.99. The van der Waals surface area contributed by atoms with Gasteiger partial charge in [0, 0.05) is 19.5 Å². The third kappa shape index (κ3) is 4.49. The van der Waals surface area contributed by atoms with Crippen LogP contribution in [-0.2, 0) is 16.0 Å². The molecule has 140 valence electrons. The molecular formula is C20H20FN3O3. The number of likely N-dealkylation sites (tertiary alicyclic amines) is 1. The molecule has 2 aromatic rings. The molecule has 3 rings (SSSR count). The molecule has 1 aliphatic heterocycles. The molecule has 0 radical (unpaired) electrons. The zero-order valence-electron chi connectivity index (χ0n) is 14.7. The lowest BCUT2D eigenvalue weighted by Crippen LogP contribution is -2.30. The van der Waals surface area contributed by atoms with E-state index in [4.69, 9.17) is 5.73 Å². The van der Waals surface area contributed by atoms with Gasteiger partial charge in [0.25, 0.3) is 5.91 Å². The molecule has 3 N–H and O–H groups in total. The van der Waals surface area contributed by atoms with E-state index in [1.807, 2.05) is 0 Å². The molecule has 0 aliphatic carbocycles. The Morgan fingerprint density at radius 2 is 1.85 bits per heavy atom. The minimum Gasteiger partial charge on any atom is -0.366 e. The van der Waals surface area contributed by atoms with E-state index >= 15 is 0 Å². The number of carbonyl (C=O) groups excluding carboxylic acids is 3. The van der Waals surface area contributed by atoms with Crippen molar-refractivity contribution in [1.82, 2.24) is 4.90 Å². The molecule has 7 heteroatoms. The minimum absolute atomic E-state index is 0.0968. The first-order valence-corrected chi connectivity index (χ1v) is 8.66. The molecule has 1 aliphatic rings. The fourth-order valence-corrected chi connectivity index (χ4v) is 3.12. The van der Waals surface area contributed by atoms with Crippen LogP contribution in [0.5, 0.6) is 0 Å². The Hall–Kier alpha value is -3.22. The second-order valence-electron chi connectivity index (χ2n) is 6.52. The van der Waals surface area contributed by atoms with Crippen LogP contribution >= 0.6 is 0 Å². The smallest absolute Gasteiger partial charge is 0.250 e. The maximum Gasteiger partial charge on any atom is 0.250 e. The third-order valence-corrected chi connectivity index (χ3v) is 4.62. The Morgan fingerprint density at radius 3 is 2.56 bits per heavy atom. The summed E-state index contributed by atoms with van der Waals surface area (Å²) in [4.78, 5) is 37.8. The van der Waals surface area contributed by atoms with Gasteiger partial charge in [-0.1, -0.05) is 24.3 Å². The highest BCUT2D eigenvalue weighted by molar-refractivity contribution is 6.04. The number of nitrogens with two attached hydrogens (primary N) is 1. The van der Waals surface area contributed by atoms with Gasteiger partial charge in [-0.05, 0) is 36.2 Å². The maximum atomic E-state index is 12.9. The molecule has 1 atom stereocenters. The van der Waals surface area contributed by atoms with Crippen molar-refractivity contribution >= 4 is 23.4 Å². The average Bonchev–Trinajstić information content (AvgIpc) is 3.02. The summed E-state index contributed by atoms with van der Waals surface area (Å²) in [6, 6.07) is 12.6. The molecule has 6 nitrogen and oxygen atoms in total. The molecule has 0 aromatic heterocycles. The van der Waals surface area contributed by atoms with E-state index in [9.17, 15) is 18.8 Å². The number of hydrogen-bond acceptors (Lipinski definition) is 3. The average molecular weight is 369 g/mol. The van der Waals surface area contributed by atoms with Gasteiger partial charge < -0.3 is 16.0 Å². The maximum absolute atomic E-state index is 12.9. The van der Waals surface area contributed by atoms with Gasteiger partial charge in [0.2, 0.25) is 11.8 Å². The number of hydrogen-bond donors (Lipinski definition) is 2. The molecule has 0 saturated carbocycles. The molecule has 1 unspecified atom stereocenters. The van der Waals surface area contributed by atoms with Crippen LogP contribution in [0.25, 0.3) is 0 Å². The molecule has 27 heavy (non-hydrogen) atoms. The van der Waals surface area contributed by atoms with Crippen molar-refractivity contribution in [3.8, 4) is 0 Å². The van der Waals surface area contributed by atoms with E-state index in [2.05, 4.69) is 5.32 Å². The number of para-hydroxylation sites is 1. The summed E-state index contributed by atoms with van der Waals surface area (Å²) < 4.78 is 12.9. The first-order valence-electron chi connectivity index (χ1n) is 8.66. The SMILES string of the molecule is NC(=O)c1ccccc1NC(=O)C1CC(=O)N(CCc2ccc(F)cc2)C1. The number of anilines is 1. The van der Waals surface area contributed by atoms with Crippen LogP contribution in [0.4, 0.5) is 10.1 Å². The summed E-state index contributed by atoms with van der Waals surface area (Å²) in [7, 11) is 0. The van der Waals surface area contributed by atoms with Crippen molar-refractivity contribution in [3.63, 3.8) is 0 Å². The summed E-state index contributed by atoms with van der Waals surface area (Å²) in [5.41, 5.74) is 6.80. The summed E-state index contributed by atoms with van der Waals surface area (Å²) in [5.74, 6) is -1.84. The largest absolute Gasteiger partial charge is 0.366 e. The Balaban J connectivity index is 1.59. The molecule has 1 fully saturated rings. The van der Waals surface area contributed by atoms with E-state index in [1.54, 1.807) is 35.2 Å². The third-order valence-electron chi connectivity index (χ3n) is 4.62. The summed E-state index contributed by atoms with van der Waals surface area (Å²) in [6.45, 7) is 0.775. The monoisotopic (exact) mass is 369 g/mol. The molecular weight excluding hydrogens is 349 g/mol. The van der Waals surface area contributed by atoms with E-state index in [1.165, 1.54) is 18.2 Å². The minimum atomic E-state index is -0.630. The van der Waals surface area contributed by atoms with E-state index in [0.717, 1.165) is 5.56 Å². The first kappa shape index (κ1) is 18.6. The highest BCUT2D eigenvalue weighted by atomic mass is 19.1. The topological polar surface area (TPSA) is 92.5 Å². The van der Waals surface area contributed by atoms with Gasteiger partial charge in [0.05, 0.1) is 17.2 Å². The quantitative estimate of drug-likeness (QED) is 0.815. The predicted octanol–water partition coefficient (Wildman–Crippen LogP) is 1.95. The van der Waals surface area contributed by atoms with Crippen molar-refractivity contribution in [2.45, 2.75) is 12.8 Å². The fourth-order valence-electron chi connectivity index (χ4n) is 3.12. The molecule has 2 aromatic carbocycles. The van der Waals surface area contributed by atoms with E-state index in [0.29, 0.717) is 25.2 Å². The van der Waals surface area contributed by atoms with Gasteiger partial charge in [-0.25, -0.2) is 4.39 Å². The number of halogens is 1. The standard InChI is InChI=1S/C20H20FN3O3/c21-15-7-5-13(6-8-15)9-10-24-12-14(11-18(24)25)20(27)23-17-4-2-1-3-16(17)19(22)26/h1-8,14H,9-12H2,(H2,22,26)(H,23,27). The van der Waals surface area contributed by atoms with Crippen molar-refractivity contribution in [1.29, 1.82) is 0 Å². The lowest BCUT2D eigenvalue weighted by molar-refractivity contribution is -0.128. The van der Waals surface area contributed by atoms with Crippen molar-refractivity contribution in [3.05, 3.63) is 65.5 Å². The van der Waals surface area contributed by atoms with Crippen LogP contribution in [0.1, 0.15) is 22.3 Å². The Bertz CT molecular complexity index is 867. The molecule has 3 amide bonds. The lowest BCUT2D eigenvalue weighted by Gasteiger charge is -2.17. The van der Waals surface area contributed by atoms with Crippen LogP contribution in [0.15, 0.2) is 48.5 Å².